The summed E-state index contributed by atoms with van der Waals surface area (Å²) in [5.74, 6) is 0.658. The lowest BCUT2D eigenvalue weighted by Gasteiger charge is -2.32. The molecule has 8 nitrogen and oxygen atoms in total. The van der Waals surface area contributed by atoms with E-state index < -0.39 is 10.0 Å². The number of sulfonamides is 1. The van der Waals surface area contributed by atoms with Crippen LogP contribution in [0, 0.1) is 0 Å². The zero-order chi connectivity index (χ0) is 21.6. The molecule has 1 unspecified atom stereocenters. The molecule has 30 heavy (non-hydrogen) atoms. The number of carbonyl (C=O) groups is 1. The summed E-state index contributed by atoms with van der Waals surface area (Å²) in [6.45, 7) is 9.51. The molecule has 2 aliphatic heterocycles. The third kappa shape index (κ3) is 5.72. The molecule has 1 aromatic carbocycles. The molecule has 0 spiro atoms. The Bertz CT molecular complexity index is 793. The van der Waals surface area contributed by atoms with E-state index in [1.807, 2.05) is 11.8 Å². The average molecular weight is 440 g/mol. The molecule has 2 fully saturated rings. The molecule has 168 valence electrons. The lowest BCUT2D eigenvalue weighted by Crippen LogP contribution is -2.47. The van der Waals surface area contributed by atoms with Crippen LogP contribution in [0.15, 0.2) is 29.2 Å². The summed E-state index contributed by atoms with van der Waals surface area (Å²) < 4.78 is 38.5. The van der Waals surface area contributed by atoms with Gasteiger partial charge in [-0.25, -0.2) is 8.42 Å². The van der Waals surface area contributed by atoms with Crippen molar-refractivity contribution < 1.29 is 22.7 Å². The van der Waals surface area contributed by atoms with Crippen molar-refractivity contribution in [3.63, 3.8) is 0 Å². The largest absolute Gasteiger partial charge is 0.494 e. The van der Waals surface area contributed by atoms with Crippen molar-refractivity contribution in [2.45, 2.75) is 37.6 Å². The van der Waals surface area contributed by atoms with Gasteiger partial charge in [-0.05, 0) is 37.1 Å². The van der Waals surface area contributed by atoms with Crippen LogP contribution in [0.1, 0.15) is 26.7 Å². The number of hydrogen-bond donors (Lipinski definition) is 0. The molecule has 2 aliphatic rings. The van der Waals surface area contributed by atoms with Gasteiger partial charge >= 0.3 is 0 Å². The van der Waals surface area contributed by atoms with Gasteiger partial charge in [0.15, 0.2) is 0 Å². The van der Waals surface area contributed by atoms with Crippen molar-refractivity contribution in [2.24, 2.45) is 0 Å². The number of rotatable bonds is 9. The Morgan fingerprint density at radius 1 is 1.20 bits per heavy atom. The van der Waals surface area contributed by atoms with Gasteiger partial charge in [-0.2, -0.15) is 4.31 Å². The van der Waals surface area contributed by atoms with Gasteiger partial charge in [0.25, 0.3) is 0 Å². The van der Waals surface area contributed by atoms with Crippen LogP contribution in [0.2, 0.25) is 0 Å². The molecular weight excluding hydrogens is 406 g/mol. The third-order valence-corrected chi connectivity index (χ3v) is 7.55. The fourth-order valence-electron chi connectivity index (χ4n) is 3.93. The average Bonchev–Trinajstić information content (AvgIpc) is 3.24. The highest BCUT2D eigenvalue weighted by atomic mass is 32.2. The molecule has 1 atom stereocenters. The summed E-state index contributed by atoms with van der Waals surface area (Å²) in [4.78, 5) is 16.6. The molecule has 0 aromatic heterocycles. The second-order valence-electron chi connectivity index (χ2n) is 7.79. The van der Waals surface area contributed by atoms with Gasteiger partial charge in [-0.3, -0.25) is 9.69 Å². The SMILES string of the molecule is CCCOc1ccc(S(=O)(=O)N2CCC(N(CCN3CCOCC3)C(C)=O)C2)cc1. The Hall–Kier alpha value is -1.68. The summed E-state index contributed by atoms with van der Waals surface area (Å²) >= 11 is 0. The number of nitrogens with zero attached hydrogens (tertiary/aromatic N) is 3. The zero-order valence-corrected chi connectivity index (χ0v) is 18.8. The van der Waals surface area contributed by atoms with Crippen LogP contribution in [0.3, 0.4) is 0 Å². The van der Waals surface area contributed by atoms with Crippen LogP contribution in [-0.2, 0) is 19.6 Å². The molecule has 0 saturated carbocycles. The van der Waals surface area contributed by atoms with Crippen molar-refractivity contribution in [2.75, 3.05) is 59.1 Å². The van der Waals surface area contributed by atoms with Crippen LogP contribution in [0.5, 0.6) is 5.75 Å². The Kier molecular flexibility index (Phi) is 8.10. The van der Waals surface area contributed by atoms with E-state index in [0.29, 0.717) is 38.4 Å². The lowest BCUT2D eigenvalue weighted by molar-refractivity contribution is -0.131. The summed E-state index contributed by atoms with van der Waals surface area (Å²) in [6.07, 6.45) is 1.55. The summed E-state index contributed by atoms with van der Waals surface area (Å²) in [5.41, 5.74) is 0. The maximum atomic E-state index is 13.1. The molecule has 0 radical (unpaired) electrons. The number of morpholine rings is 1. The first-order valence-electron chi connectivity index (χ1n) is 10.7. The quantitative estimate of drug-likeness (QED) is 0.579. The number of hydrogen-bond acceptors (Lipinski definition) is 6. The third-order valence-electron chi connectivity index (χ3n) is 5.67. The predicted octanol–water partition coefficient (Wildman–Crippen LogP) is 1.42. The topological polar surface area (TPSA) is 79.4 Å². The molecular formula is C21H33N3O5S. The highest BCUT2D eigenvalue weighted by molar-refractivity contribution is 7.89. The van der Waals surface area contributed by atoms with E-state index in [9.17, 15) is 13.2 Å². The van der Waals surface area contributed by atoms with Crippen LogP contribution in [0.25, 0.3) is 0 Å². The number of carbonyl (C=O) groups excluding carboxylic acids is 1. The Balaban J connectivity index is 1.60. The maximum Gasteiger partial charge on any atom is 0.243 e. The van der Waals surface area contributed by atoms with Gasteiger partial charge in [0.2, 0.25) is 15.9 Å². The van der Waals surface area contributed by atoms with E-state index in [4.69, 9.17) is 9.47 Å². The minimum atomic E-state index is -3.59. The molecule has 0 N–H and O–H groups in total. The maximum absolute atomic E-state index is 13.1. The Morgan fingerprint density at radius 3 is 2.53 bits per heavy atom. The predicted molar refractivity (Wildman–Crippen MR) is 114 cm³/mol. The molecule has 0 bridgehead atoms. The Morgan fingerprint density at radius 2 is 1.90 bits per heavy atom. The van der Waals surface area contributed by atoms with Gasteiger partial charge in [-0.1, -0.05) is 6.92 Å². The van der Waals surface area contributed by atoms with Crippen LogP contribution in [-0.4, -0.2) is 93.6 Å². The van der Waals surface area contributed by atoms with Gasteiger partial charge in [0, 0.05) is 52.2 Å². The van der Waals surface area contributed by atoms with Gasteiger partial charge in [-0.15, -0.1) is 0 Å². The monoisotopic (exact) mass is 439 g/mol. The molecule has 0 aliphatic carbocycles. The summed E-state index contributed by atoms with van der Waals surface area (Å²) in [6, 6.07) is 6.48. The van der Waals surface area contributed by atoms with Gasteiger partial charge in [0.1, 0.15) is 5.75 Å². The van der Waals surface area contributed by atoms with Gasteiger partial charge < -0.3 is 14.4 Å². The van der Waals surface area contributed by atoms with E-state index in [-0.39, 0.29) is 16.8 Å². The van der Waals surface area contributed by atoms with Crippen LogP contribution < -0.4 is 4.74 Å². The van der Waals surface area contributed by atoms with Crippen LogP contribution in [0.4, 0.5) is 0 Å². The van der Waals surface area contributed by atoms with E-state index in [2.05, 4.69) is 4.90 Å². The highest BCUT2D eigenvalue weighted by Crippen LogP contribution is 2.25. The smallest absolute Gasteiger partial charge is 0.243 e. The molecule has 3 rings (SSSR count). The number of ether oxygens (including phenoxy) is 2. The second-order valence-corrected chi connectivity index (χ2v) is 9.73. The van der Waals surface area contributed by atoms with Gasteiger partial charge in [0.05, 0.1) is 24.7 Å². The second kappa shape index (κ2) is 10.6. The number of amides is 1. The molecule has 9 heteroatoms. The van der Waals surface area contributed by atoms with Crippen molar-refractivity contribution in [1.29, 1.82) is 0 Å². The summed E-state index contributed by atoms with van der Waals surface area (Å²) in [7, 11) is -3.59. The van der Waals surface area contributed by atoms with E-state index in [0.717, 1.165) is 39.3 Å². The van der Waals surface area contributed by atoms with E-state index in [1.165, 1.54) is 4.31 Å². The number of benzene rings is 1. The van der Waals surface area contributed by atoms with Crippen molar-refractivity contribution in [3.8, 4) is 5.75 Å². The Labute approximate surface area is 179 Å². The molecule has 1 aromatic rings. The minimum Gasteiger partial charge on any atom is -0.494 e. The minimum absolute atomic E-state index is 0.00932. The molecule has 1 amide bonds. The summed E-state index contributed by atoms with van der Waals surface area (Å²) in [5, 5.41) is 0. The highest BCUT2D eigenvalue weighted by Gasteiger charge is 2.36. The van der Waals surface area contributed by atoms with Crippen molar-refractivity contribution in [3.05, 3.63) is 24.3 Å². The normalized spacial score (nSPS) is 20.9. The zero-order valence-electron chi connectivity index (χ0n) is 18.0. The first kappa shape index (κ1) is 23.0. The van der Waals surface area contributed by atoms with E-state index >= 15 is 0 Å². The lowest BCUT2D eigenvalue weighted by atomic mass is 10.2. The van der Waals surface area contributed by atoms with Crippen molar-refractivity contribution >= 4 is 15.9 Å². The first-order chi connectivity index (χ1) is 14.4. The van der Waals surface area contributed by atoms with Crippen molar-refractivity contribution in [1.82, 2.24) is 14.1 Å². The first-order valence-corrected chi connectivity index (χ1v) is 12.2. The van der Waals surface area contributed by atoms with E-state index in [1.54, 1.807) is 31.2 Å². The molecule has 2 heterocycles. The standard InChI is InChI=1S/C21H33N3O5S/c1-3-14-29-20-4-6-21(7-5-20)30(26,27)23-9-8-19(17-23)24(18(2)25)11-10-22-12-15-28-16-13-22/h4-7,19H,3,8-17H2,1-2H3. The fourth-order valence-corrected chi connectivity index (χ4v) is 5.42. The molecule has 2 saturated heterocycles. The van der Waals surface area contributed by atoms with Crippen LogP contribution >= 0.6 is 0 Å². The fraction of sp³-hybridized carbons (Fsp3) is 0.667.